The molecule has 1 atom stereocenters. The molecule has 2 rings (SSSR count). The molecule has 0 saturated carbocycles. The van der Waals surface area contributed by atoms with Crippen molar-refractivity contribution in [2.24, 2.45) is 0 Å². The predicted octanol–water partition coefficient (Wildman–Crippen LogP) is 7.85. The van der Waals surface area contributed by atoms with Crippen molar-refractivity contribution in [1.29, 1.82) is 0 Å². The summed E-state index contributed by atoms with van der Waals surface area (Å²) in [4.78, 5) is 0. The van der Waals surface area contributed by atoms with Crippen LogP contribution in [-0.2, 0) is 6.54 Å². The molecule has 0 spiro atoms. The maximum Gasteiger partial charge on any atom is 0.127 e. The first-order valence-corrected chi connectivity index (χ1v) is 11.5. The molecule has 0 aliphatic heterocycles. The molecule has 3 nitrogen and oxygen atoms in total. The van der Waals surface area contributed by atoms with Crippen LogP contribution in [0.2, 0.25) is 5.02 Å². The van der Waals surface area contributed by atoms with E-state index in [1.807, 2.05) is 64.1 Å². The molecule has 0 saturated heterocycles. The Morgan fingerprint density at radius 2 is 1.60 bits per heavy atom. The Labute approximate surface area is 190 Å². The van der Waals surface area contributed by atoms with Crippen LogP contribution >= 0.6 is 11.6 Å². The van der Waals surface area contributed by atoms with Gasteiger partial charge in [-0.1, -0.05) is 58.4 Å². The fourth-order valence-corrected chi connectivity index (χ4v) is 2.59. The maximum absolute atomic E-state index is 5.90. The van der Waals surface area contributed by atoms with Gasteiger partial charge in [-0.2, -0.15) is 0 Å². The summed E-state index contributed by atoms with van der Waals surface area (Å²) in [6.07, 6.45) is 2.37. The molecule has 2 N–H and O–H groups in total. The van der Waals surface area contributed by atoms with Gasteiger partial charge >= 0.3 is 0 Å². The summed E-state index contributed by atoms with van der Waals surface area (Å²) in [7, 11) is 0. The Morgan fingerprint density at radius 3 is 2.20 bits per heavy atom. The zero-order chi connectivity index (χ0) is 23.2. The predicted molar refractivity (Wildman–Crippen MR) is 136 cm³/mol. The Hall–Kier alpha value is -1.81. The second-order valence-corrected chi connectivity index (χ2v) is 6.42. The summed E-state index contributed by atoms with van der Waals surface area (Å²) in [6.45, 7) is 21.4. The summed E-state index contributed by atoms with van der Waals surface area (Å²) in [6, 6.07) is 16.1. The number of halogens is 1. The average molecular weight is 435 g/mol. The zero-order valence-electron chi connectivity index (χ0n) is 19.9. The van der Waals surface area contributed by atoms with Gasteiger partial charge in [0, 0.05) is 17.6 Å². The Kier molecular flexibility index (Phi) is 22.2. The van der Waals surface area contributed by atoms with E-state index in [-0.39, 0.29) is 0 Å². The zero-order valence-corrected chi connectivity index (χ0v) is 20.7. The third-order valence-electron chi connectivity index (χ3n) is 3.84. The molecule has 0 radical (unpaired) electrons. The first-order chi connectivity index (χ1) is 14.7. The normalized spacial score (nSPS) is 10.2. The van der Waals surface area contributed by atoms with E-state index in [9.17, 15) is 0 Å². The minimum absolute atomic E-state index is 0.504. The minimum Gasteiger partial charge on any atom is -0.457 e. The van der Waals surface area contributed by atoms with Crippen molar-refractivity contribution in [2.75, 3.05) is 13.1 Å². The van der Waals surface area contributed by atoms with Crippen molar-refractivity contribution in [2.45, 2.75) is 67.0 Å². The third-order valence-corrected chi connectivity index (χ3v) is 4.10. The van der Waals surface area contributed by atoms with Gasteiger partial charge < -0.3 is 15.4 Å². The fraction of sp³-hybridized carbons (Fsp3) is 0.462. The molecule has 2 aromatic carbocycles. The van der Waals surface area contributed by atoms with E-state index in [0.717, 1.165) is 31.1 Å². The van der Waals surface area contributed by atoms with Crippen LogP contribution in [0.25, 0.3) is 0 Å². The molecule has 1 unspecified atom stereocenters. The summed E-state index contributed by atoms with van der Waals surface area (Å²) in [5.74, 6) is 1.64. The van der Waals surface area contributed by atoms with Crippen LogP contribution in [-0.4, -0.2) is 19.1 Å². The molecule has 4 heteroatoms. The standard InChI is InChI=1S/C20H27ClN2O.2C2H6.C2H4/c1-3-22-13-5-6-16(2)23-15-17-7-4-8-20(14-17)24-19-11-9-18(21)10-12-19;3*1-2/h4,7-12,14,16,22-23H,3,5-6,13,15H2,1-2H3;2*1-2H3;1-2H2. The van der Waals surface area contributed by atoms with Crippen LogP contribution in [0.15, 0.2) is 61.7 Å². The van der Waals surface area contributed by atoms with Crippen LogP contribution in [0, 0.1) is 0 Å². The lowest BCUT2D eigenvalue weighted by Gasteiger charge is -2.14. The molecule has 0 aromatic heterocycles. The number of hydrogen-bond donors (Lipinski definition) is 2. The highest BCUT2D eigenvalue weighted by Gasteiger charge is 2.03. The molecule has 0 bridgehead atoms. The van der Waals surface area contributed by atoms with Gasteiger partial charge in [-0.15, -0.1) is 13.2 Å². The van der Waals surface area contributed by atoms with Crippen molar-refractivity contribution in [1.82, 2.24) is 10.6 Å². The van der Waals surface area contributed by atoms with Crippen LogP contribution < -0.4 is 15.4 Å². The Morgan fingerprint density at radius 1 is 0.967 bits per heavy atom. The summed E-state index contributed by atoms with van der Waals surface area (Å²) in [5.41, 5.74) is 1.22. The Bertz CT molecular complexity index is 617. The largest absolute Gasteiger partial charge is 0.457 e. The molecule has 0 heterocycles. The summed E-state index contributed by atoms with van der Waals surface area (Å²) >= 11 is 5.90. The quantitative estimate of drug-likeness (QED) is 0.295. The van der Waals surface area contributed by atoms with Crippen molar-refractivity contribution in [3.8, 4) is 11.5 Å². The first-order valence-electron chi connectivity index (χ1n) is 11.1. The van der Waals surface area contributed by atoms with Gasteiger partial charge in [-0.05, 0) is 74.8 Å². The van der Waals surface area contributed by atoms with Gasteiger partial charge in [0.1, 0.15) is 11.5 Å². The lowest BCUT2D eigenvalue weighted by molar-refractivity contribution is 0.475. The lowest BCUT2D eigenvalue weighted by Crippen LogP contribution is -2.26. The van der Waals surface area contributed by atoms with Gasteiger partial charge in [0.15, 0.2) is 0 Å². The van der Waals surface area contributed by atoms with Crippen LogP contribution in [0.4, 0.5) is 0 Å². The van der Waals surface area contributed by atoms with Crippen LogP contribution in [0.3, 0.4) is 0 Å². The highest BCUT2D eigenvalue weighted by Crippen LogP contribution is 2.23. The molecular weight excluding hydrogens is 392 g/mol. The molecule has 170 valence electrons. The van der Waals surface area contributed by atoms with Gasteiger partial charge in [-0.25, -0.2) is 0 Å². The van der Waals surface area contributed by atoms with Crippen molar-refractivity contribution < 1.29 is 4.74 Å². The van der Waals surface area contributed by atoms with Crippen LogP contribution in [0.1, 0.15) is 59.9 Å². The molecule has 0 aliphatic rings. The second-order valence-electron chi connectivity index (χ2n) is 5.98. The van der Waals surface area contributed by atoms with Gasteiger partial charge in [0.05, 0.1) is 0 Å². The Balaban J connectivity index is 0. The van der Waals surface area contributed by atoms with E-state index in [1.54, 1.807) is 0 Å². The fourth-order valence-electron chi connectivity index (χ4n) is 2.46. The second kappa shape index (κ2) is 21.9. The molecule has 2 aromatic rings. The minimum atomic E-state index is 0.504. The topological polar surface area (TPSA) is 33.3 Å². The number of hydrogen-bond acceptors (Lipinski definition) is 3. The molecule has 0 aliphatic carbocycles. The van der Waals surface area contributed by atoms with E-state index < -0.39 is 0 Å². The van der Waals surface area contributed by atoms with E-state index in [4.69, 9.17) is 16.3 Å². The maximum atomic E-state index is 5.90. The van der Waals surface area contributed by atoms with Gasteiger partial charge in [0.2, 0.25) is 0 Å². The van der Waals surface area contributed by atoms with E-state index in [0.29, 0.717) is 11.1 Å². The van der Waals surface area contributed by atoms with E-state index in [2.05, 4.69) is 49.8 Å². The lowest BCUT2D eigenvalue weighted by atomic mass is 10.1. The SMILES string of the molecule is C=C.CC.CC.CCNCCCC(C)NCc1cccc(Oc2ccc(Cl)cc2)c1. The van der Waals surface area contributed by atoms with Gasteiger partial charge in [-0.3, -0.25) is 0 Å². The number of nitrogens with one attached hydrogen (secondary N) is 2. The van der Waals surface area contributed by atoms with Crippen molar-refractivity contribution in [3.05, 3.63) is 72.3 Å². The molecule has 30 heavy (non-hydrogen) atoms. The number of ether oxygens (including phenoxy) is 1. The van der Waals surface area contributed by atoms with E-state index >= 15 is 0 Å². The molecule has 0 amide bonds. The van der Waals surface area contributed by atoms with E-state index in [1.165, 1.54) is 18.4 Å². The third kappa shape index (κ3) is 15.1. The van der Waals surface area contributed by atoms with Crippen molar-refractivity contribution >= 4 is 11.6 Å². The summed E-state index contributed by atoms with van der Waals surface area (Å²) in [5, 5.41) is 7.64. The average Bonchev–Trinajstić information content (AvgIpc) is 2.81. The highest BCUT2D eigenvalue weighted by atomic mass is 35.5. The van der Waals surface area contributed by atoms with Gasteiger partial charge in [0.25, 0.3) is 0 Å². The smallest absolute Gasteiger partial charge is 0.127 e. The first kappa shape index (κ1) is 30.4. The highest BCUT2D eigenvalue weighted by molar-refractivity contribution is 6.30. The molecular formula is C26H43ClN2O. The summed E-state index contributed by atoms with van der Waals surface area (Å²) < 4.78 is 5.88. The number of benzene rings is 2. The van der Waals surface area contributed by atoms with Crippen molar-refractivity contribution in [3.63, 3.8) is 0 Å². The molecule has 0 fully saturated rings. The van der Waals surface area contributed by atoms with Crippen LogP contribution in [0.5, 0.6) is 11.5 Å². The number of rotatable bonds is 10. The monoisotopic (exact) mass is 434 g/mol.